The van der Waals surface area contributed by atoms with E-state index in [0.29, 0.717) is 17.4 Å². The zero-order valence-electron chi connectivity index (χ0n) is 10.8. The molecule has 2 heterocycles. The van der Waals surface area contributed by atoms with Crippen LogP contribution in [0, 0.1) is 6.92 Å². The van der Waals surface area contributed by atoms with Crippen LogP contribution >= 0.6 is 0 Å². The topological polar surface area (TPSA) is 92.8 Å². The van der Waals surface area contributed by atoms with Gasteiger partial charge >= 0.3 is 0 Å². The summed E-state index contributed by atoms with van der Waals surface area (Å²) in [6.07, 6.45) is 3.19. The lowest BCUT2D eigenvalue weighted by Crippen LogP contribution is -2.31. The van der Waals surface area contributed by atoms with Gasteiger partial charge in [0.1, 0.15) is 11.6 Å². The summed E-state index contributed by atoms with van der Waals surface area (Å²) < 4.78 is 5.29. The highest BCUT2D eigenvalue weighted by Crippen LogP contribution is 2.07. The summed E-state index contributed by atoms with van der Waals surface area (Å²) in [7, 11) is 0. The van der Waals surface area contributed by atoms with Crippen LogP contribution in [-0.4, -0.2) is 32.7 Å². The molecular formula is C12H15N5O2. The first-order chi connectivity index (χ1) is 9.15. The Morgan fingerprint density at radius 2 is 2.42 bits per heavy atom. The summed E-state index contributed by atoms with van der Waals surface area (Å²) in [5, 5.41) is 9.46. The van der Waals surface area contributed by atoms with Crippen molar-refractivity contribution in [1.29, 1.82) is 0 Å². The van der Waals surface area contributed by atoms with Crippen molar-refractivity contribution in [2.75, 3.05) is 6.61 Å². The zero-order chi connectivity index (χ0) is 13.7. The third-order valence-electron chi connectivity index (χ3n) is 2.38. The first kappa shape index (κ1) is 13.0. The first-order valence-corrected chi connectivity index (χ1v) is 5.86. The SMILES string of the molecule is Cc1nc([C@@H](C)NC(=O)COc2cccnc2)n[nH]1. The molecule has 0 bridgehead atoms. The fraction of sp³-hybridized carbons (Fsp3) is 0.333. The van der Waals surface area contributed by atoms with Gasteiger partial charge in [0.05, 0.1) is 12.2 Å². The number of carbonyl (C=O) groups is 1. The molecule has 0 radical (unpaired) electrons. The largest absolute Gasteiger partial charge is 0.482 e. The Hall–Kier alpha value is -2.44. The number of nitrogens with zero attached hydrogens (tertiary/aromatic N) is 3. The Kier molecular flexibility index (Phi) is 4.07. The molecule has 100 valence electrons. The fourth-order valence-electron chi connectivity index (χ4n) is 1.48. The lowest BCUT2D eigenvalue weighted by atomic mass is 10.3. The molecule has 7 heteroatoms. The zero-order valence-corrected chi connectivity index (χ0v) is 10.8. The van der Waals surface area contributed by atoms with E-state index in [1.165, 1.54) is 0 Å². The van der Waals surface area contributed by atoms with Gasteiger partial charge in [-0.05, 0) is 26.0 Å². The molecule has 2 aromatic heterocycles. The number of hydrogen-bond acceptors (Lipinski definition) is 5. The smallest absolute Gasteiger partial charge is 0.258 e. The predicted molar refractivity (Wildman–Crippen MR) is 67.4 cm³/mol. The molecule has 0 aliphatic heterocycles. The van der Waals surface area contributed by atoms with E-state index in [1.54, 1.807) is 31.5 Å². The normalized spacial score (nSPS) is 11.9. The quantitative estimate of drug-likeness (QED) is 0.829. The molecule has 0 aliphatic carbocycles. The van der Waals surface area contributed by atoms with Crippen LogP contribution in [0.5, 0.6) is 5.75 Å². The summed E-state index contributed by atoms with van der Waals surface area (Å²) >= 11 is 0. The number of pyridine rings is 1. The van der Waals surface area contributed by atoms with Gasteiger partial charge in [-0.25, -0.2) is 4.98 Å². The van der Waals surface area contributed by atoms with Crippen LogP contribution in [0.2, 0.25) is 0 Å². The minimum absolute atomic E-state index is 0.0700. The third kappa shape index (κ3) is 3.77. The molecule has 7 nitrogen and oxygen atoms in total. The maximum atomic E-state index is 11.7. The van der Waals surface area contributed by atoms with E-state index in [4.69, 9.17) is 4.74 Å². The van der Waals surface area contributed by atoms with Crippen LogP contribution in [0.25, 0.3) is 0 Å². The van der Waals surface area contributed by atoms with Gasteiger partial charge in [-0.15, -0.1) is 0 Å². The standard InChI is InChI=1S/C12H15N5O2/c1-8(12-15-9(2)16-17-12)14-11(18)7-19-10-4-3-5-13-6-10/h3-6,8H,7H2,1-2H3,(H,14,18)(H,15,16,17)/t8-/m1/s1. The monoisotopic (exact) mass is 261 g/mol. The molecule has 0 saturated carbocycles. The highest BCUT2D eigenvalue weighted by Gasteiger charge is 2.13. The van der Waals surface area contributed by atoms with Gasteiger partial charge in [0.15, 0.2) is 12.4 Å². The van der Waals surface area contributed by atoms with Crippen molar-refractivity contribution < 1.29 is 9.53 Å². The summed E-state index contributed by atoms with van der Waals surface area (Å²) in [4.78, 5) is 19.7. The van der Waals surface area contributed by atoms with Gasteiger partial charge in [0, 0.05) is 6.20 Å². The summed E-state index contributed by atoms with van der Waals surface area (Å²) in [5.41, 5.74) is 0. The molecular weight excluding hydrogens is 246 g/mol. The summed E-state index contributed by atoms with van der Waals surface area (Å²) in [6, 6.07) is 3.21. The van der Waals surface area contributed by atoms with Crippen molar-refractivity contribution in [1.82, 2.24) is 25.5 Å². The second-order valence-electron chi connectivity index (χ2n) is 4.05. The summed E-state index contributed by atoms with van der Waals surface area (Å²) in [5.74, 6) is 1.58. The maximum absolute atomic E-state index is 11.7. The van der Waals surface area contributed by atoms with E-state index < -0.39 is 0 Å². The number of aryl methyl sites for hydroxylation is 1. The molecule has 2 rings (SSSR count). The van der Waals surface area contributed by atoms with Crippen LogP contribution in [-0.2, 0) is 4.79 Å². The lowest BCUT2D eigenvalue weighted by molar-refractivity contribution is -0.123. The molecule has 2 N–H and O–H groups in total. The average Bonchev–Trinajstić information content (AvgIpc) is 2.84. The number of carbonyl (C=O) groups excluding carboxylic acids is 1. The molecule has 2 aromatic rings. The number of H-pyrrole nitrogens is 1. The first-order valence-electron chi connectivity index (χ1n) is 5.86. The molecule has 0 unspecified atom stereocenters. The van der Waals surface area contributed by atoms with E-state index in [-0.39, 0.29) is 18.6 Å². The molecule has 1 amide bonds. The molecule has 0 aliphatic rings. The van der Waals surface area contributed by atoms with Gasteiger partial charge in [0.2, 0.25) is 0 Å². The Labute approximate surface area is 110 Å². The second-order valence-corrected chi connectivity index (χ2v) is 4.05. The average molecular weight is 261 g/mol. The molecule has 19 heavy (non-hydrogen) atoms. The van der Waals surface area contributed by atoms with Gasteiger partial charge in [0.25, 0.3) is 5.91 Å². The van der Waals surface area contributed by atoms with Gasteiger partial charge in [-0.3, -0.25) is 14.9 Å². The van der Waals surface area contributed by atoms with Crippen molar-refractivity contribution in [3.05, 3.63) is 36.2 Å². The number of nitrogens with one attached hydrogen (secondary N) is 2. The van der Waals surface area contributed by atoms with Crippen LogP contribution in [0.4, 0.5) is 0 Å². The number of amides is 1. The minimum atomic E-state index is -0.269. The Morgan fingerprint density at radius 1 is 1.58 bits per heavy atom. The van der Waals surface area contributed by atoms with Crippen LogP contribution in [0.3, 0.4) is 0 Å². The maximum Gasteiger partial charge on any atom is 0.258 e. The van der Waals surface area contributed by atoms with Crippen molar-refractivity contribution in [3.8, 4) is 5.75 Å². The predicted octanol–water partition coefficient (Wildman–Crippen LogP) is 0.764. The van der Waals surface area contributed by atoms with Crippen molar-refractivity contribution >= 4 is 5.91 Å². The second kappa shape index (κ2) is 5.94. The van der Waals surface area contributed by atoms with Gasteiger partial charge < -0.3 is 10.1 Å². The highest BCUT2D eigenvalue weighted by atomic mass is 16.5. The third-order valence-corrected chi connectivity index (χ3v) is 2.38. The number of aromatic nitrogens is 4. The van der Waals surface area contributed by atoms with E-state index in [2.05, 4.69) is 25.5 Å². The Balaban J connectivity index is 1.81. The van der Waals surface area contributed by atoms with Crippen LogP contribution in [0.15, 0.2) is 24.5 Å². The highest BCUT2D eigenvalue weighted by molar-refractivity contribution is 5.77. The van der Waals surface area contributed by atoms with Crippen LogP contribution in [0.1, 0.15) is 24.6 Å². The van der Waals surface area contributed by atoms with E-state index >= 15 is 0 Å². The van der Waals surface area contributed by atoms with Crippen molar-refractivity contribution in [3.63, 3.8) is 0 Å². The van der Waals surface area contributed by atoms with E-state index in [1.807, 2.05) is 6.92 Å². The Bertz CT molecular complexity index is 540. The number of rotatable bonds is 5. The molecule has 0 saturated heterocycles. The number of ether oxygens (including phenoxy) is 1. The van der Waals surface area contributed by atoms with E-state index in [9.17, 15) is 4.79 Å². The van der Waals surface area contributed by atoms with Crippen molar-refractivity contribution in [2.24, 2.45) is 0 Å². The summed E-state index contributed by atoms with van der Waals surface area (Å²) in [6.45, 7) is 3.54. The Morgan fingerprint density at radius 3 is 3.05 bits per heavy atom. The van der Waals surface area contributed by atoms with Crippen molar-refractivity contribution in [2.45, 2.75) is 19.9 Å². The van der Waals surface area contributed by atoms with Gasteiger partial charge in [-0.1, -0.05) is 0 Å². The molecule has 0 spiro atoms. The van der Waals surface area contributed by atoms with Gasteiger partial charge in [-0.2, -0.15) is 5.10 Å². The van der Waals surface area contributed by atoms with Crippen LogP contribution < -0.4 is 10.1 Å². The molecule has 0 aromatic carbocycles. The molecule has 1 atom stereocenters. The number of aromatic amines is 1. The minimum Gasteiger partial charge on any atom is -0.482 e. The lowest BCUT2D eigenvalue weighted by Gasteiger charge is -2.11. The fourth-order valence-corrected chi connectivity index (χ4v) is 1.48. The number of hydrogen-bond donors (Lipinski definition) is 2. The molecule has 0 fully saturated rings. The van der Waals surface area contributed by atoms with E-state index in [0.717, 1.165) is 0 Å².